The Morgan fingerprint density at radius 1 is 1.23 bits per heavy atom. The molecule has 0 spiro atoms. The van der Waals surface area contributed by atoms with Gasteiger partial charge < -0.3 is 20.5 Å². The Labute approximate surface area is 153 Å². The molecule has 1 saturated heterocycles. The van der Waals surface area contributed by atoms with E-state index in [1.54, 1.807) is 0 Å². The standard InChI is InChI=1S/C12H13N3O.C6H10O.CH2O2/c13-7-11-6-9(8-14-11)12(16)15-10-4-2-1-3-5-10;7-5-6-3-1-2-4-6;2-1-3/h1-5,9,11,14H,6,8H2,(H,15,16);5-6H,1-4H2;1H,(H,2,3). The lowest BCUT2D eigenvalue weighted by Crippen LogP contribution is -2.24. The summed E-state index contributed by atoms with van der Waals surface area (Å²) in [5.74, 6) is 0.293. The lowest BCUT2D eigenvalue weighted by atomic mass is 10.1. The molecular formula is C19H25N3O4. The molecule has 1 saturated carbocycles. The number of anilines is 1. The summed E-state index contributed by atoms with van der Waals surface area (Å²) in [6, 6.07) is 11.3. The molecule has 1 aliphatic carbocycles. The molecule has 7 nitrogen and oxygen atoms in total. The van der Waals surface area contributed by atoms with Gasteiger partial charge in [0.1, 0.15) is 6.29 Å². The molecule has 7 heteroatoms. The highest BCUT2D eigenvalue weighted by atomic mass is 16.3. The van der Waals surface area contributed by atoms with Crippen molar-refractivity contribution in [3.05, 3.63) is 30.3 Å². The molecule has 2 aliphatic rings. The van der Waals surface area contributed by atoms with Gasteiger partial charge in [-0.25, -0.2) is 0 Å². The zero-order chi connectivity index (χ0) is 19.2. The number of nitriles is 1. The number of para-hydroxylation sites is 1. The topological polar surface area (TPSA) is 119 Å². The minimum atomic E-state index is -0.250. The number of carbonyl (C=O) groups excluding carboxylic acids is 2. The van der Waals surface area contributed by atoms with E-state index in [1.165, 1.54) is 12.8 Å². The minimum Gasteiger partial charge on any atom is -0.483 e. The number of nitrogens with one attached hydrogen (secondary N) is 2. The van der Waals surface area contributed by atoms with Crippen LogP contribution in [-0.2, 0) is 14.4 Å². The number of aldehydes is 1. The maximum Gasteiger partial charge on any atom is 0.290 e. The SMILES string of the molecule is N#CC1CC(C(=O)Nc2ccccc2)CN1.O=CC1CCCC1.O=CO. The zero-order valence-electron chi connectivity index (χ0n) is 14.6. The van der Waals surface area contributed by atoms with Crippen LogP contribution in [0.15, 0.2) is 30.3 Å². The Hall–Kier alpha value is -2.72. The molecule has 26 heavy (non-hydrogen) atoms. The highest BCUT2D eigenvalue weighted by Gasteiger charge is 2.29. The first-order chi connectivity index (χ1) is 12.6. The molecule has 3 N–H and O–H groups in total. The van der Waals surface area contributed by atoms with Crippen molar-refractivity contribution in [2.45, 2.75) is 38.1 Å². The van der Waals surface area contributed by atoms with E-state index in [-0.39, 0.29) is 24.3 Å². The minimum absolute atomic E-state index is 0.0172. The van der Waals surface area contributed by atoms with Gasteiger partial charge in [-0.05, 0) is 31.4 Å². The van der Waals surface area contributed by atoms with Crippen LogP contribution in [0.1, 0.15) is 32.1 Å². The maximum absolute atomic E-state index is 11.8. The Bertz CT molecular complexity index is 595. The fourth-order valence-electron chi connectivity index (χ4n) is 2.89. The van der Waals surface area contributed by atoms with Gasteiger partial charge in [-0.3, -0.25) is 9.59 Å². The molecular weight excluding hydrogens is 334 g/mol. The second kappa shape index (κ2) is 12.6. The van der Waals surface area contributed by atoms with Crippen LogP contribution in [0.2, 0.25) is 0 Å². The van der Waals surface area contributed by atoms with Crippen molar-refractivity contribution >= 4 is 24.4 Å². The van der Waals surface area contributed by atoms with Crippen LogP contribution in [0, 0.1) is 23.2 Å². The van der Waals surface area contributed by atoms with E-state index in [9.17, 15) is 9.59 Å². The molecule has 0 bridgehead atoms. The van der Waals surface area contributed by atoms with Crippen molar-refractivity contribution in [2.24, 2.45) is 11.8 Å². The van der Waals surface area contributed by atoms with Gasteiger partial charge in [-0.2, -0.15) is 5.26 Å². The summed E-state index contributed by atoms with van der Waals surface area (Å²) in [7, 11) is 0. The highest BCUT2D eigenvalue weighted by molar-refractivity contribution is 5.92. The zero-order valence-corrected chi connectivity index (χ0v) is 14.6. The van der Waals surface area contributed by atoms with Crippen molar-refractivity contribution in [1.29, 1.82) is 5.26 Å². The molecule has 2 unspecified atom stereocenters. The van der Waals surface area contributed by atoms with Crippen LogP contribution in [0.25, 0.3) is 0 Å². The second-order valence-corrected chi connectivity index (χ2v) is 6.16. The molecule has 2 atom stereocenters. The summed E-state index contributed by atoms with van der Waals surface area (Å²) in [4.78, 5) is 30.2. The molecule has 140 valence electrons. The number of carboxylic acid groups (broad SMARTS) is 1. The lowest BCUT2D eigenvalue weighted by molar-refractivity contribution is -0.123. The second-order valence-electron chi connectivity index (χ2n) is 6.16. The van der Waals surface area contributed by atoms with Gasteiger partial charge in [0.15, 0.2) is 0 Å². The molecule has 0 radical (unpaired) electrons. The predicted octanol–water partition coefficient (Wildman–Crippen LogP) is 2.20. The van der Waals surface area contributed by atoms with E-state index in [1.807, 2.05) is 30.3 Å². The average molecular weight is 359 g/mol. The molecule has 2 fully saturated rings. The van der Waals surface area contributed by atoms with Gasteiger partial charge in [-0.15, -0.1) is 0 Å². The molecule has 1 aromatic carbocycles. The lowest BCUT2D eigenvalue weighted by Gasteiger charge is -2.09. The van der Waals surface area contributed by atoms with Crippen molar-refractivity contribution in [1.82, 2.24) is 5.32 Å². The van der Waals surface area contributed by atoms with Crippen molar-refractivity contribution in [2.75, 3.05) is 11.9 Å². The Balaban J connectivity index is 0.000000280. The summed E-state index contributed by atoms with van der Waals surface area (Å²) in [5.41, 5.74) is 0.799. The summed E-state index contributed by atoms with van der Waals surface area (Å²) < 4.78 is 0. The van der Waals surface area contributed by atoms with E-state index in [0.29, 0.717) is 18.9 Å². The summed E-state index contributed by atoms with van der Waals surface area (Å²) in [5, 5.41) is 21.4. The Morgan fingerprint density at radius 2 is 1.85 bits per heavy atom. The van der Waals surface area contributed by atoms with E-state index in [0.717, 1.165) is 24.8 Å². The molecule has 0 aromatic heterocycles. The van der Waals surface area contributed by atoms with Crippen molar-refractivity contribution < 1.29 is 19.5 Å². The van der Waals surface area contributed by atoms with E-state index in [2.05, 4.69) is 16.7 Å². The number of carbonyl (C=O) groups is 3. The fourth-order valence-corrected chi connectivity index (χ4v) is 2.89. The third kappa shape index (κ3) is 7.90. The number of benzene rings is 1. The Kier molecular flexibility index (Phi) is 10.3. The van der Waals surface area contributed by atoms with Crippen LogP contribution in [0.5, 0.6) is 0 Å². The quantitative estimate of drug-likeness (QED) is 0.712. The summed E-state index contributed by atoms with van der Waals surface area (Å²) in [6.45, 7) is 0.330. The van der Waals surface area contributed by atoms with E-state index >= 15 is 0 Å². The molecule has 3 rings (SSSR count). The first kappa shape index (κ1) is 21.3. The summed E-state index contributed by atoms with van der Waals surface area (Å²) >= 11 is 0. The average Bonchev–Trinajstić information content (AvgIpc) is 3.35. The van der Waals surface area contributed by atoms with Crippen molar-refractivity contribution in [3.63, 3.8) is 0 Å². The van der Waals surface area contributed by atoms with Gasteiger partial charge >= 0.3 is 0 Å². The third-order valence-electron chi connectivity index (χ3n) is 4.29. The highest BCUT2D eigenvalue weighted by Crippen LogP contribution is 2.21. The number of nitrogens with zero attached hydrogens (tertiary/aromatic N) is 1. The van der Waals surface area contributed by atoms with Crippen LogP contribution in [0.4, 0.5) is 5.69 Å². The molecule has 1 aromatic rings. The maximum atomic E-state index is 11.8. The number of rotatable bonds is 3. The third-order valence-corrected chi connectivity index (χ3v) is 4.29. The van der Waals surface area contributed by atoms with Gasteiger partial charge in [0.05, 0.1) is 18.0 Å². The van der Waals surface area contributed by atoms with E-state index < -0.39 is 0 Å². The fraction of sp³-hybridized carbons (Fsp3) is 0.474. The number of amides is 1. The molecule has 1 heterocycles. The monoisotopic (exact) mass is 359 g/mol. The largest absolute Gasteiger partial charge is 0.483 e. The molecule has 1 amide bonds. The smallest absolute Gasteiger partial charge is 0.290 e. The van der Waals surface area contributed by atoms with Crippen LogP contribution >= 0.6 is 0 Å². The predicted molar refractivity (Wildman–Crippen MR) is 97.3 cm³/mol. The normalized spacial score (nSPS) is 21.2. The first-order valence-corrected chi connectivity index (χ1v) is 8.66. The van der Waals surface area contributed by atoms with Crippen LogP contribution in [0.3, 0.4) is 0 Å². The Morgan fingerprint density at radius 3 is 2.31 bits per heavy atom. The first-order valence-electron chi connectivity index (χ1n) is 8.66. The van der Waals surface area contributed by atoms with Crippen molar-refractivity contribution in [3.8, 4) is 6.07 Å². The van der Waals surface area contributed by atoms with Crippen LogP contribution < -0.4 is 10.6 Å². The van der Waals surface area contributed by atoms with E-state index in [4.69, 9.17) is 15.2 Å². The van der Waals surface area contributed by atoms with Gasteiger partial charge in [0.25, 0.3) is 6.47 Å². The van der Waals surface area contributed by atoms with Gasteiger partial charge in [0, 0.05) is 18.2 Å². The number of hydrogen-bond donors (Lipinski definition) is 3. The van der Waals surface area contributed by atoms with Gasteiger partial charge in [-0.1, -0.05) is 31.0 Å². The number of hydrogen-bond acceptors (Lipinski definition) is 5. The summed E-state index contributed by atoms with van der Waals surface area (Å²) in [6.07, 6.45) is 6.50. The van der Waals surface area contributed by atoms with Gasteiger partial charge in [0.2, 0.25) is 5.91 Å². The van der Waals surface area contributed by atoms with Crippen LogP contribution in [-0.4, -0.2) is 36.4 Å². The molecule has 1 aliphatic heterocycles.